The first-order valence-electron chi connectivity index (χ1n) is 5.17. The maximum atomic E-state index is 12.1. The summed E-state index contributed by atoms with van der Waals surface area (Å²) in [5.41, 5.74) is -0.149. The molecule has 0 aliphatic rings. The number of rotatable bonds is 3. The van der Waals surface area contributed by atoms with Crippen LogP contribution in [0.5, 0.6) is 0 Å². The summed E-state index contributed by atoms with van der Waals surface area (Å²) < 4.78 is 4.99. The van der Waals surface area contributed by atoms with Crippen LogP contribution >= 0.6 is 0 Å². The molecule has 0 bridgehead atoms. The van der Waals surface area contributed by atoms with Crippen molar-refractivity contribution >= 4 is 11.9 Å². The van der Waals surface area contributed by atoms with Gasteiger partial charge in [-0.15, -0.1) is 0 Å². The molecule has 1 aromatic rings. The highest BCUT2D eigenvalue weighted by Gasteiger charge is 2.31. The van der Waals surface area contributed by atoms with Crippen LogP contribution < -0.4 is 0 Å². The average molecular weight is 240 g/mol. The molecule has 0 aromatic carbocycles. The van der Waals surface area contributed by atoms with E-state index in [9.17, 15) is 9.59 Å². The number of carboxylic acids is 1. The van der Waals surface area contributed by atoms with Gasteiger partial charge in [-0.25, -0.2) is 4.98 Å². The molecule has 0 radical (unpaired) electrons. The van der Waals surface area contributed by atoms with E-state index >= 15 is 0 Å². The normalized spacial score (nSPS) is 11.3. The molecule has 0 aliphatic heterocycles. The van der Waals surface area contributed by atoms with Crippen LogP contribution in [0.25, 0.3) is 0 Å². The molecule has 94 valence electrons. The number of carbonyl (C=O) groups excluding carboxylic acids is 1. The highest BCUT2D eigenvalue weighted by Crippen LogP contribution is 2.18. The summed E-state index contributed by atoms with van der Waals surface area (Å²) in [6, 6.07) is 0. The number of oxazole rings is 1. The molecule has 1 amide bonds. The van der Waals surface area contributed by atoms with Crippen molar-refractivity contribution in [2.45, 2.75) is 33.2 Å². The Balaban J connectivity index is 3.04. The van der Waals surface area contributed by atoms with E-state index in [2.05, 4.69) is 4.98 Å². The zero-order valence-electron chi connectivity index (χ0n) is 10.4. The summed E-state index contributed by atoms with van der Waals surface area (Å²) in [5.74, 6) is -1.44. The van der Waals surface area contributed by atoms with Gasteiger partial charge in [0.2, 0.25) is 5.76 Å². The molecule has 17 heavy (non-hydrogen) atoms. The van der Waals surface area contributed by atoms with E-state index < -0.39 is 17.4 Å². The fourth-order valence-corrected chi connectivity index (χ4v) is 1.38. The Kier molecular flexibility index (Phi) is 3.55. The van der Waals surface area contributed by atoms with Crippen molar-refractivity contribution in [3.05, 3.63) is 17.8 Å². The third kappa shape index (κ3) is 3.05. The minimum absolute atomic E-state index is 0.0844. The number of hydrogen-bond donors (Lipinski definition) is 1. The maximum Gasteiger partial charge on any atom is 0.323 e. The minimum Gasteiger partial charge on any atom is -0.480 e. The Morgan fingerprint density at radius 3 is 2.41 bits per heavy atom. The number of amides is 1. The highest BCUT2D eigenvalue weighted by atomic mass is 16.4. The molecule has 1 N–H and O–H groups in total. The molecule has 0 saturated heterocycles. The predicted molar refractivity (Wildman–Crippen MR) is 59.7 cm³/mol. The Hall–Kier alpha value is -1.85. The SMILES string of the molecule is Cc1ncoc1C(=O)N(CC(=O)O)C(C)(C)C. The van der Waals surface area contributed by atoms with Gasteiger partial charge in [0, 0.05) is 5.54 Å². The molecule has 6 nitrogen and oxygen atoms in total. The fraction of sp³-hybridized carbons (Fsp3) is 0.545. The van der Waals surface area contributed by atoms with Crippen LogP contribution in [0.3, 0.4) is 0 Å². The van der Waals surface area contributed by atoms with Gasteiger partial charge in [0.15, 0.2) is 6.39 Å². The summed E-state index contributed by atoms with van der Waals surface area (Å²) in [4.78, 5) is 28.0. The van der Waals surface area contributed by atoms with E-state index in [1.54, 1.807) is 27.7 Å². The maximum absolute atomic E-state index is 12.1. The molecule has 0 saturated carbocycles. The molecule has 0 fully saturated rings. The number of aromatic nitrogens is 1. The van der Waals surface area contributed by atoms with Crippen LogP contribution in [0, 0.1) is 6.92 Å². The number of carbonyl (C=O) groups is 2. The largest absolute Gasteiger partial charge is 0.480 e. The van der Waals surface area contributed by atoms with Crippen molar-refractivity contribution in [3.8, 4) is 0 Å². The van der Waals surface area contributed by atoms with Gasteiger partial charge >= 0.3 is 5.97 Å². The Morgan fingerprint density at radius 1 is 1.47 bits per heavy atom. The number of hydrogen-bond acceptors (Lipinski definition) is 4. The molecular weight excluding hydrogens is 224 g/mol. The molecule has 1 rings (SSSR count). The zero-order chi connectivity index (χ0) is 13.2. The number of nitrogens with zero attached hydrogens (tertiary/aromatic N) is 2. The topological polar surface area (TPSA) is 83.6 Å². The van der Waals surface area contributed by atoms with Gasteiger partial charge in [0.05, 0.1) is 5.69 Å². The smallest absolute Gasteiger partial charge is 0.323 e. The first kappa shape index (κ1) is 13.2. The van der Waals surface area contributed by atoms with E-state index in [1.165, 1.54) is 11.3 Å². The van der Waals surface area contributed by atoms with E-state index in [0.717, 1.165) is 0 Å². The van der Waals surface area contributed by atoms with E-state index in [-0.39, 0.29) is 12.3 Å². The molecule has 0 unspecified atom stereocenters. The van der Waals surface area contributed by atoms with Crippen molar-refractivity contribution in [2.24, 2.45) is 0 Å². The summed E-state index contributed by atoms with van der Waals surface area (Å²) in [5, 5.41) is 8.82. The fourth-order valence-electron chi connectivity index (χ4n) is 1.38. The van der Waals surface area contributed by atoms with Crippen LogP contribution in [-0.2, 0) is 4.79 Å². The highest BCUT2D eigenvalue weighted by molar-refractivity contribution is 5.94. The Bertz CT molecular complexity index is 431. The molecule has 6 heteroatoms. The monoisotopic (exact) mass is 240 g/mol. The van der Waals surface area contributed by atoms with Crippen LogP contribution in [0.1, 0.15) is 37.0 Å². The van der Waals surface area contributed by atoms with Gasteiger partial charge in [-0.2, -0.15) is 0 Å². The lowest BCUT2D eigenvalue weighted by Gasteiger charge is -2.33. The van der Waals surface area contributed by atoms with Crippen molar-refractivity contribution in [2.75, 3.05) is 6.54 Å². The van der Waals surface area contributed by atoms with E-state index in [0.29, 0.717) is 5.69 Å². The lowest BCUT2D eigenvalue weighted by atomic mass is 10.1. The molecule has 0 aliphatic carbocycles. The van der Waals surface area contributed by atoms with Gasteiger partial charge in [-0.3, -0.25) is 9.59 Å². The number of aryl methyl sites for hydroxylation is 1. The molecule has 1 heterocycles. The summed E-state index contributed by atoms with van der Waals surface area (Å²) in [7, 11) is 0. The molecule has 0 atom stereocenters. The van der Waals surface area contributed by atoms with Crippen molar-refractivity contribution < 1.29 is 19.1 Å². The van der Waals surface area contributed by atoms with Crippen molar-refractivity contribution in [3.63, 3.8) is 0 Å². The second-order valence-corrected chi connectivity index (χ2v) is 4.72. The van der Waals surface area contributed by atoms with Gasteiger partial charge in [0.25, 0.3) is 5.91 Å². The predicted octanol–water partition coefficient (Wildman–Crippen LogP) is 1.31. The molecule has 1 aromatic heterocycles. The van der Waals surface area contributed by atoms with Crippen LogP contribution in [0.4, 0.5) is 0 Å². The summed E-state index contributed by atoms with van der Waals surface area (Å²) in [6.45, 7) is 6.55. The van der Waals surface area contributed by atoms with Crippen LogP contribution in [-0.4, -0.2) is 39.0 Å². The quantitative estimate of drug-likeness (QED) is 0.861. The third-order valence-corrected chi connectivity index (χ3v) is 2.29. The van der Waals surface area contributed by atoms with Gasteiger partial charge in [-0.1, -0.05) is 0 Å². The molecule has 0 spiro atoms. The first-order chi connectivity index (χ1) is 7.73. The van der Waals surface area contributed by atoms with Gasteiger partial charge in [-0.05, 0) is 27.7 Å². The Labute approximate surface area is 99.2 Å². The van der Waals surface area contributed by atoms with Crippen LogP contribution in [0.15, 0.2) is 10.8 Å². The summed E-state index contributed by atoms with van der Waals surface area (Å²) in [6.07, 6.45) is 1.17. The second-order valence-electron chi connectivity index (χ2n) is 4.72. The molecular formula is C11H16N2O4. The van der Waals surface area contributed by atoms with E-state index in [4.69, 9.17) is 9.52 Å². The van der Waals surface area contributed by atoms with Gasteiger partial charge < -0.3 is 14.4 Å². The lowest BCUT2D eigenvalue weighted by molar-refractivity contribution is -0.138. The number of aliphatic carboxylic acids is 1. The van der Waals surface area contributed by atoms with Crippen molar-refractivity contribution in [1.82, 2.24) is 9.88 Å². The van der Waals surface area contributed by atoms with Crippen molar-refractivity contribution in [1.29, 1.82) is 0 Å². The van der Waals surface area contributed by atoms with Gasteiger partial charge in [0.1, 0.15) is 6.54 Å². The summed E-state index contributed by atoms with van der Waals surface area (Å²) >= 11 is 0. The minimum atomic E-state index is -1.06. The average Bonchev–Trinajstić information content (AvgIpc) is 2.58. The Morgan fingerprint density at radius 2 is 2.06 bits per heavy atom. The van der Waals surface area contributed by atoms with E-state index in [1.807, 2.05) is 0 Å². The third-order valence-electron chi connectivity index (χ3n) is 2.29. The van der Waals surface area contributed by atoms with Crippen LogP contribution in [0.2, 0.25) is 0 Å². The lowest BCUT2D eigenvalue weighted by Crippen LogP contribution is -2.48. The first-order valence-corrected chi connectivity index (χ1v) is 5.17. The standard InChI is InChI=1S/C11H16N2O4/c1-7-9(17-6-12-7)10(16)13(5-8(14)15)11(2,3)4/h6H,5H2,1-4H3,(H,14,15). The second kappa shape index (κ2) is 4.57. The zero-order valence-corrected chi connectivity index (χ0v) is 10.4. The number of carboxylic acid groups (broad SMARTS) is 1.